The quantitative estimate of drug-likeness (QED) is 0.761. The fraction of sp³-hybridized carbons (Fsp3) is 0.304. The number of anilines is 1. The van der Waals surface area contributed by atoms with Crippen LogP contribution >= 0.6 is 0 Å². The van der Waals surface area contributed by atoms with Gasteiger partial charge in [-0.3, -0.25) is 9.59 Å². The predicted molar refractivity (Wildman–Crippen MR) is 113 cm³/mol. The average Bonchev–Trinajstić information content (AvgIpc) is 2.77. The standard InChI is InChI=1S/C23H26N2O4/c1-28-20-13-17(14-21(15-20)29-2)10-11-22(26)25-12-6-7-18(16-25)23(27)24-19-8-4-3-5-9-19/h3-5,8-11,13-15,18H,6-7,12,16H2,1-2H3,(H,24,27). The Morgan fingerprint density at radius 3 is 2.41 bits per heavy atom. The largest absolute Gasteiger partial charge is 0.497 e. The second-order valence-corrected chi connectivity index (χ2v) is 6.96. The number of carbonyl (C=O) groups is 2. The number of nitrogens with one attached hydrogen (secondary N) is 1. The molecule has 1 N–H and O–H groups in total. The van der Waals surface area contributed by atoms with Crippen LogP contribution in [0.2, 0.25) is 0 Å². The summed E-state index contributed by atoms with van der Waals surface area (Å²) in [5.41, 5.74) is 1.58. The molecule has 2 aromatic rings. The van der Waals surface area contributed by atoms with Crippen LogP contribution in [-0.2, 0) is 9.59 Å². The van der Waals surface area contributed by atoms with E-state index in [1.54, 1.807) is 31.3 Å². The molecule has 0 saturated carbocycles. The van der Waals surface area contributed by atoms with Crippen molar-refractivity contribution in [3.05, 3.63) is 60.2 Å². The van der Waals surface area contributed by atoms with Gasteiger partial charge in [0, 0.05) is 30.9 Å². The Morgan fingerprint density at radius 1 is 1.07 bits per heavy atom. The molecule has 1 atom stereocenters. The normalized spacial score (nSPS) is 16.5. The highest BCUT2D eigenvalue weighted by Crippen LogP contribution is 2.24. The Balaban J connectivity index is 1.62. The lowest BCUT2D eigenvalue weighted by molar-refractivity contribution is -0.130. The van der Waals surface area contributed by atoms with Crippen LogP contribution in [0.1, 0.15) is 18.4 Å². The molecule has 0 radical (unpaired) electrons. The molecular formula is C23H26N2O4. The van der Waals surface area contributed by atoms with Gasteiger partial charge in [-0.25, -0.2) is 0 Å². The number of methoxy groups -OCH3 is 2. The number of para-hydroxylation sites is 1. The van der Waals surface area contributed by atoms with E-state index in [0.29, 0.717) is 24.6 Å². The molecule has 1 heterocycles. The summed E-state index contributed by atoms with van der Waals surface area (Å²) in [7, 11) is 3.17. The molecule has 152 valence electrons. The van der Waals surface area contributed by atoms with Crippen LogP contribution in [0, 0.1) is 5.92 Å². The number of ether oxygens (including phenoxy) is 2. The number of hydrogen-bond acceptors (Lipinski definition) is 4. The molecule has 6 heteroatoms. The fourth-order valence-corrected chi connectivity index (χ4v) is 3.36. The van der Waals surface area contributed by atoms with Crippen molar-refractivity contribution in [3.8, 4) is 11.5 Å². The van der Waals surface area contributed by atoms with Gasteiger partial charge in [0.05, 0.1) is 20.1 Å². The van der Waals surface area contributed by atoms with E-state index in [2.05, 4.69) is 5.32 Å². The molecule has 1 fully saturated rings. The molecule has 2 amide bonds. The van der Waals surface area contributed by atoms with E-state index in [-0.39, 0.29) is 17.7 Å². The molecule has 3 rings (SSSR count). The zero-order valence-electron chi connectivity index (χ0n) is 16.8. The maximum absolute atomic E-state index is 12.7. The first-order valence-corrected chi connectivity index (χ1v) is 9.65. The molecule has 1 unspecified atom stereocenters. The smallest absolute Gasteiger partial charge is 0.246 e. The van der Waals surface area contributed by atoms with Gasteiger partial charge in [0.1, 0.15) is 11.5 Å². The van der Waals surface area contributed by atoms with Gasteiger partial charge in [-0.1, -0.05) is 18.2 Å². The van der Waals surface area contributed by atoms with E-state index in [1.807, 2.05) is 42.5 Å². The molecule has 1 aliphatic heterocycles. The minimum atomic E-state index is -0.210. The minimum absolute atomic E-state index is 0.0461. The van der Waals surface area contributed by atoms with Gasteiger partial charge in [0.15, 0.2) is 0 Å². The lowest BCUT2D eigenvalue weighted by Gasteiger charge is -2.31. The third-order valence-corrected chi connectivity index (χ3v) is 4.94. The number of rotatable bonds is 6. The maximum atomic E-state index is 12.7. The third kappa shape index (κ3) is 5.60. The highest BCUT2D eigenvalue weighted by molar-refractivity contribution is 5.95. The Hall–Kier alpha value is -3.28. The van der Waals surface area contributed by atoms with Crippen molar-refractivity contribution in [2.24, 2.45) is 5.92 Å². The average molecular weight is 394 g/mol. The van der Waals surface area contributed by atoms with E-state index in [9.17, 15) is 9.59 Å². The van der Waals surface area contributed by atoms with Crippen molar-refractivity contribution in [3.63, 3.8) is 0 Å². The van der Waals surface area contributed by atoms with Gasteiger partial charge >= 0.3 is 0 Å². The first-order valence-electron chi connectivity index (χ1n) is 9.65. The van der Waals surface area contributed by atoms with E-state index in [1.165, 1.54) is 6.08 Å². The van der Waals surface area contributed by atoms with Crippen LogP contribution in [0.4, 0.5) is 5.69 Å². The third-order valence-electron chi connectivity index (χ3n) is 4.94. The number of benzene rings is 2. The summed E-state index contributed by atoms with van der Waals surface area (Å²) in [6, 6.07) is 14.8. The van der Waals surface area contributed by atoms with Crippen molar-refractivity contribution < 1.29 is 19.1 Å². The van der Waals surface area contributed by atoms with Gasteiger partial charge in [-0.05, 0) is 48.7 Å². The Kier molecular flexibility index (Phi) is 6.89. The second-order valence-electron chi connectivity index (χ2n) is 6.96. The van der Waals surface area contributed by atoms with Gasteiger partial charge in [-0.2, -0.15) is 0 Å². The topological polar surface area (TPSA) is 67.9 Å². The van der Waals surface area contributed by atoms with E-state index in [4.69, 9.17) is 9.47 Å². The SMILES string of the molecule is COc1cc(C=CC(=O)N2CCCC(C(=O)Nc3ccccc3)C2)cc(OC)c1. The van der Waals surface area contributed by atoms with Crippen molar-refractivity contribution in [2.45, 2.75) is 12.8 Å². The van der Waals surface area contributed by atoms with Crippen molar-refractivity contribution in [2.75, 3.05) is 32.6 Å². The summed E-state index contributed by atoms with van der Waals surface area (Å²) in [5, 5.41) is 2.93. The van der Waals surface area contributed by atoms with Crippen LogP contribution in [-0.4, -0.2) is 44.0 Å². The molecule has 6 nitrogen and oxygen atoms in total. The summed E-state index contributed by atoms with van der Waals surface area (Å²) in [5.74, 6) is 0.955. The van der Waals surface area contributed by atoms with Gasteiger partial charge in [-0.15, -0.1) is 0 Å². The summed E-state index contributed by atoms with van der Waals surface area (Å²) in [4.78, 5) is 26.9. The van der Waals surface area contributed by atoms with Crippen LogP contribution in [0.3, 0.4) is 0 Å². The van der Waals surface area contributed by atoms with Crippen LogP contribution < -0.4 is 14.8 Å². The molecular weight excluding hydrogens is 368 g/mol. The number of amides is 2. The van der Waals surface area contributed by atoms with Crippen LogP contribution in [0.25, 0.3) is 6.08 Å². The Labute approximate surface area is 171 Å². The molecule has 0 bridgehead atoms. The van der Waals surface area contributed by atoms with Gasteiger partial charge < -0.3 is 19.7 Å². The summed E-state index contributed by atoms with van der Waals surface area (Å²) in [6.45, 7) is 1.07. The molecule has 1 aliphatic rings. The molecule has 0 aromatic heterocycles. The lowest BCUT2D eigenvalue weighted by Crippen LogP contribution is -2.43. The summed E-state index contributed by atoms with van der Waals surface area (Å²) in [6.07, 6.45) is 4.85. The zero-order valence-corrected chi connectivity index (χ0v) is 16.8. The Morgan fingerprint density at radius 2 is 1.76 bits per heavy atom. The van der Waals surface area contributed by atoms with E-state index >= 15 is 0 Å². The number of piperidine rings is 1. The van der Waals surface area contributed by atoms with Crippen molar-refractivity contribution in [1.82, 2.24) is 4.90 Å². The second kappa shape index (κ2) is 9.78. The number of likely N-dealkylation sites (tertiary alicyclic amines) is 1. The lowest BCUT2D eigenvalue weighted by atomic mass is 9.97. The number of nitrogens with zero attached hydrogens (tertiary/aromatic N) is 1. The van der Waals surface area contributed by atoms with Gasteiger partial charge in [0.25, 0.3) is 0 Å². The van der Waals surface area contributed by atoms with E-state index in [0.717, 1.165) is 24.1 Å². The highest BCUT2D eigenvalue weighted by atomic mass is 16.5. The molecule has 2 aromatic carbocycles. The molecule has 1 saturated heterocycles. The highest BCUT2D eigenvalue weighted by Gasteiger charge is 2.27. The number of hydrogen-bond donors (Lipinski definition) is 1. The van der Waals surface area contributed by atoms with Crippen LogP contribution in [0.5, 0.6) is 11.5 Å². The summed E-state index contributed by atoms with van der Waals surface area (Å²) < 4.78 is 10.5. The zero-order chi connectivity index (χ0) is 20.6. The summed E-state index contributed by atoms with van der Waals surface area (Å²) >= 11 is 0. The van der Waals surface area contributed by atoms with Crippen molar-refractivity contribution in [1.29, 1.82) is 0 Å². The molecule has 29 heavy (non-hydrogen) atoms. The van der Waals surface area contributed by atoms with Crippen LogP contribution in [0.15, 0.2) is 54.6 Å². The number of carbonyl (C=O) groups excluding carboxylic acids is 2. The fourth-order valence-electron chi connectivity index (χ4n) is 3.36. The first kappa shape index (κ1) is 20.5. The van der Waals surface area contributed by atoms with Crippen molar-refractivity contribution >= 4 is 23.6 Å². The predicted octanol–water partition coefficient (Wildman–Crippen LogP) is 3.59. The van der Waals surface area contributed by atoms with Gasteiger partial charge in [0.2, 0.25) is 11.8 Å². The van der Waals surface area contributed by atoms with E-state index < -0.39 is 0 Å². The molecule has 0 aliphatic carbocycles. The monoisotopic (exact) mass is 394 g/mol. The minimum Gasteiger partial charge on any atom is -0.497 e. The molecule has 0 spiro atoms. The maximum Gasteiger partial charge on any atom is 0.246 e. The Bertz CT molecular complexity index is 857. The first-order chi connectivity index (χ1) is 14.1.